The van der Waals surface area contributed by atoms with E-state index in [0.29, 0.717) is 17.7 Å². The number of aliphatic imine (C=N–C) groups is 1. The predicted octanol–water partition coefficient (Wildman–Crippen LogP) is 4.82. The Kier molecular flexibility index (Phi) is 9.67. The van der Waals surface area contributed by atoms with Crippen LogP contribution in [-0.4, -0.2) is 47.2 Å². The highest BCUT2D eigenvalue weighted by Crippen LogP contribution is 2.45. The zero-order chi connectivity index (χ0) is 32.3. The predicted molar refractivity (Wildman–Crippen MR) is 135 cm³/mol. The zero-order valence-corrected chi connectivity index (χ0v) is 22.8. The van der Waals surface area contributed by atoms with E-state index in [0.717, 1.165) is 4.90 Å². The van der Waals surface area contributed by atoms with E-state index in [-0.39, 0.29) is 37.9 Å². The average molecular weight is 637 g/mol. The first-order valence-electron chi connectivity index (χ1n) is 13.0. The number of carbonyl (C=O) groups excluding carboxylic acids is 1. The van der Waals surface area contributed by atoms with Gasteiger partial charge < -0.3 is 9.57 Å². The molecule has 1 amide bonds. The van der Waals surface area contributed by atoms with Crippen molar-refractivity contribution in [3.05, 3.63) is 80.9 Å². The Morgan fingerprint density at radius 1 is 1.11 bits per heavy atom. The number of carbonyl (C=O) groups is 1. The Morgan fingerprint density at radius 3 is 2.32 bits per heavy atom. The normalized spacial score (nSPS) is 23.3. The van der Waals surface area contributed by atoms with E-state index in [2.05, 4.69) is 15.0 Å². The number of ether oxygens (including phenoxy) is 1. The van der Waals surface area contributed by atoms with Crippen LogP contribution in [0, 0.1) is 10.1 Å². The standard InChI is InChI=1S/C26H26F6N4O8/c1-15(16-9-18(25(27,28)29)11-19(10-16)26(30,31)32)40-14-24(17-5-3-2-4-6-17)8-7-20(12-21(24)41-36(38)39)35-22(37)13-34-23(35)42-44-43-33/h2-6,9-11,15,20-21H,7-8,12-14,33H2,1H3/t15-,20?,21?,24-/m1/s1. The molecule has 4 atom stereocenters. The molecule has 2 N–H and O–H groups in total. The molecule has 18 heteroatoms. The van der Waals surface area contributed by atoms with Crippen LogP contribution in [0.4, 0.5) is 26.3 Å². The molecule has 1 heterocycles. The number of nitrogens with two attached hydrogens (primary N) is 1. The monoisotopic (exact) mass is 636 g/mol. The largest absolute Gasteiger partial charge is 0.416 e. The minimum atomic E-state index is -5.07. The molecule has 44 heavy (non-hydrogen) atoms. The van der Waals surface area contributed by atoms with Gasteiger partial charge in [-0.2, -0.15) is 32.2 Å². The average Bonchev–Trinajstić information content (AvgIpc) is 3.34. The fraction of sp³-hybridized carbons (Fsp3) is 0.462. The molecule has 0 bridgehead atoms. The van der Waals surface area contributed by atoms with Crippen molar-refractivity contribution in [2.45, 2.75) is 62.2 Å². The van der Waals surface area contributed by atoms with Crippen molar-refractivity contribution in [1.82, 2.24) is 4.90 Å². The quantitative estimate of drug-likeness (QED) is 0.168. The molecule has 1 aliphatic carbocycles. The van der Waals surface area contributed by atoms with E-state index in [1.54, 1.807) is 30.3 Å². The first-order chi connectivity index (χ1) is 20.7. The van der Waals surface area contributed by atoms with Crippen molar-refractivity contribution >= 4 is 11.9 Å². The third-order valence-corrected chi connectivity index (χ3v) is 7.60. The lowest BCUT2D eigenvalue weighted by molar-refractivity contribution is -0.772. The summed E-state index contributed by atoms with van der Waals surface area (Å²) in [5, 5.41) is 14.8. The Morgan fingerprint density at radius 2 is 1.75 bits per heavy atom. The van der Waals surface area contributed by atoms with Crippen LogP contribution in [0.5, 0.6) is 0 Å². The number of rotatable bonds is 10. The lowest BCUT2D eigenvalue weighted by Crippen LogP contribution is -2.56. The van der Waals surface area contributed by atoms with Gasteiger partial charge >= 0.3 is 18.4 Å². The fourth-order valence-electron chi connectivity index (χ4n) is 5.46. The second kappa shape index (κ2) is 12.9. The molecule has 2 unspecified atom stereocenters. The summed E-state index contributed by atoms with van der Waals surface area (Å²) >= 11 is 0. The van der Waals surface area contributed by atoms with Gasteiger partial charge in [-0.25, -0.2) is 4.99 Å². The molecule has 4 rings (SSSR count). The van der Waals surface area contributed by atoms with E-state index in [1.165, 1.54) is 6.92 Å². The summed E-state index contributed by atoms with van der Waals surface area (Å²) in [6, 6.07) is 8.30. The molecule has 2 aliphatic rings. The van der Waals surface area contributed by atoms with Gasteiger partial charge in [0.15, 0.2) is 0 Å². The molecule has 1 saturated carbocycles. The molecule has 0 saturated heterocycles. The van der Waals surface area contributed by atoms with Crippen molar-refractivity contribution in [3.63, 3.8) is 0 Å². The third kappa shape index (κ3) is 7.20. The second-order valence-corrected chi connectivity index (χ2v) is 10.2. The van der Waals surface area contributed by atoms with Gasteiger partial charge in [0.1, 0.15) is 12.6 Å². The summed E-state index contributed by atoms with van der Waals surface area (Å²) in [5.41, 5.74) is -4.26. The van der Waals surface area contributed by atoms with Gasteiger partial charge in [-0.1, -0.05) is 30.3 Å². The summed E-state index contributed by atoms with van der Waals surface area (Å²) in [7, 11) is 0. The maximum absolute atomic E-state index is 13.5. The van der Waals surface area contributed by atoms with Crippen molar-refractivity contribution in [2.75, 3.05) is 13.2 Å². The number of alkyl halides is 6. The van der Waals surface area contributed by atoms with E-state index in [1.807, 2.05) is 0 Å². The van der Waals surface area contributed by atoms with Crippen molar-refractivity contribution in [1.29, 1.82) is 0 Å². The zero-order valence-electron chi connectivity index (χ0n) is 22.8. The Balaban J connectivity index is 1.67. The van der Waals surface area contributed by atoms with Gasteiger partial charge in [0.25, 0.3) is 11.0 Å². The van der Waals surface area contributed by atoms with Crippen LogP contribution in [-0.2, 0) is 47.1 Å². The van der Waals surface area contributed by atoms with Crippen LogP contribution < -0.4 is 5.90 Å². The maximum Gasteiger partial charge on any atom is 0.416 e. The van der Waals surface area contributed by atoms with Crippen LogP contribution in [0.25, 0.3) is 0 Å². The van der Waals surface area contributed by atoms with Crippen LogP contribution in [0.3, 0.4) is 0 Å². The molecule has 1 fully saturated rings. The summed E-state index contributed by atoms with van der Waals surface area (Å²) in [5.74, 6) is 4.25. The molecule has 0 radical (unpaired) electrons. The van der Waals surface area contributed by atoms with Gasteiger partial charge in [0.2, 0.25) is 0 Å². The van der Waals surface area contributed by atoms with E-state index in [4.69, 9.17) is 20.4 Å². The summed E-state index contributed by atoms with van der Waals surface area (Å²) in [4.78, 5) is 43.1. The Hall–Kier alpha value is -4.00. The fourth-order valence-corrected chi connectivity index (χ4v) is 5.46. The highest BCUT2D eigenvalue weighted by molar-refractivity contribution is 6.00. The second-order valence-electron chi connectivity index (χ2n) is 10.2. The number of benzene rings is 2. The number of hydrogen-bond acceptors (Lipinski definition) is 10. The maximum atomic E-state index is 13.5. The van der Waals surface area contributed by atoms with E-state index >= 15 is 0 Å². The molecule has 2 aromatic rings. The SMILES string of the molecule is C[C@@H](OC[C@@]1(c2ccccc2)CCC(N2C(=O)CN=C2OOON)CC1O[N+](=O)[O-])c1cc(C(F)(F)F)cc(C(F)(F)F)c1. The third-order valence-electron chi connectivity index (χ3n) is 7.60. The van der Waals surface area contributed by atoms with Crippen molar-refractivity contribution < 1.29 is 60.7 Å². The van der Waals surface area contributed by atoms with Gasteiger partial charge in [-0.15, -0.1) is 15.1 Å². The van der Waals surface area contributed by atoms with Crippen molar-refractivity contribution in [2.24, 2.45) is 10.9 Å². The summed E-state index contributed by atoms with van der Waals surface area (Å²) in [6.45, 7) is 0.546. The van der Waals surface area contributed by atoms with Crippen LogP contribution in [0.15, 0.2) is 53.5 Å². The molecule has 2 aromatic carbocycles. The lowest BCUT2D eigenvalue weighted by Gasteiger charge is -2.47. The van der Waals surface area contributed by atoms with Gasteiger partial charge in [-0.05, 0) is 55.5 Å². The van der Waals surface area contributed by atoms with E-state index in [9.17, 15) is 41.3 Å². The molecule has 12 nitrogen and oxygen atoms in total. The number of hydrogen-bond donors (Lipinski definition) is 1. The number of amidine groups is 1. The van der Waals surface area contributed by atoms with Gasteiger partial charge in [-0.3, -0.25) is 14.6 Å². The highest BCUT2D eigenvalue weighted by atomic mass is 19.4. The topological polar surface area (TPSA) is 148 Å². The van der Waals surface area contributed by atoms with Crippen LogP contribution in [0.2, 0.25) is 0 Å². The summed E-state index contributed by atoms with van der Waals surface area (Å²) < 4.78 is 86.7. The Bertz CT molecular complexity index is 1340. The molecular formula is C26H26F6N4O8. The minimum Gasteiger partial charge on any atom is -0.373 e. The Labute approximate surface area is 245 Å². The van der Waals surface area contributed by atoms with Gasteiger partial charge in [0.05, 0.1) is 23.8 Å². The lowest BCUT2D eigenvalue weighted by atomic mass is 9.66. The van der Waals surface area contributed by atoms with Crippen LogP contribution >= 0.6 is 0 Å². The number of halogens is 6. The first-order valence-corrected chi connectivity index (χ1v) is 13.0. The minimum absolute atomic E-state index is 0.00946. The number of nitrogens with zero attached hydrogens (tertiary/aromatic N) is 3. The molecule has 0 spiro atoms. The van der Waals surface area contributed by atoms with E-state index < -0.39 is 70.3 Å². The van der Waals surface area contributed by atoms with Crippen LogP contribution in [0.1, 0.15) is 54.5 Å². The number of amides is 1. The highest BCUT2D eigenvalue weighted by Gasteiger charge is 2.51. The first kappa shape index (κ1) is 32.9. The molecule has 0 aromatic heterocycles. The smallest absolute Gasteiger partial charge is 0.373 e. The van der Waals surface area contributed by atoms with Crippen molar-refractivity contribution in [3.8, 4) is 0 Å². The molecular weight excluding hydrogens is 610 g/mol. The molecule has 1 aliphatic heterocycles. The summed E-state index contributed by atoms with van der Waals surface area (Å²) in [6.07, 6.45) is -12.7. The molecule has 240 valence electrons. The van der Waals surface area contributed by atoms with Gasteiger partial charge in [0, 0.05) is 16.5 Å².